The lowest BCUT2D eigenvalue weighted by Crippen LogP contribution is -2.38. The van der Waals surface area contributed by atoms with Crippen molar-refractivity contribution in [1.29, 1.82) is 0 Å². The van der Waals surface area contributed by atoms with Gasteiger partial charge in [-0.1, -0.05) is 0 Å². The van der Waals surface area contributed by atoms with Gasteiger partial charge in [0, 0.05) is 13.1 Å². The van der Waals surface area contributed by atoms with Crippen molar-refractivity contribution in [1.82, 2.24) is 10.2 Å². The summed E-state index contributed by atoms with van der Waals surface area (Å²) in [7, 11) is 0. The molecule has 102 valence electrons. The van der Waals surface area contributed by atoms with Gasteiger partial charge in [0.05, 0.1) is 12.2 Å². The van der Waals surface area contributed by atoms with Crippen LogP contribution in [0.5, 0.6) is 0 Å². The van der Waals surface area contributed by atoms with Gasteiger partial charge in [0.1, 0.15) is 0 Å². The maximum atomic E-state index is 13.3. The molecule has 1 saturated heterocycles. The van der Waals surface area contributed by atoms with Crippen LogP contribution in [0.3, 0.4) is 0 Å². The van der Waals surface area contributed by atoms with Crippen LogP contribution in [0.4, 0.5) is 23.7 Å². The van der Waals surface area contributed by atoms with E-state index in [1.54, 1.807) is 0 Å². The van der Waals surface area contributed by atoms with Gasteiger partial charge in [0.25, 0.3) is 0 Å². The van der Waals surface area contributed by atoms with Crippen LogP contribution in [0.2, 0.25) is 0 Å². The molecule has 0 aromatic heterocycles. The maximum absolute atomic E-state index is 13.3. The lowest BCUT2D eigenvalue weighted by Gasteiger charge is -2.13. The molecule has 8 heteroatoms. The van der Waals surface area contributed by atoms with Crippen LogP contribution < -0.4 is 10.6 Å². The van der Waals surface area contributed by atoms with E-state index in [9.17, 15) is 22.8 Å². The molecule has 19 heavy (non-hydrogen) atoms. The van der Waals surface area contributed by atoms with Gasteiger partial charge in [-0.15, -0.1) is 0 Å². The van der Waals surface area contributed by atoms with E-state index in [0.717, 1.165) is 17.0 Å². The fourth-order valence-electron chi connectivity index (χ4n) is 1.64. The van der Waals surface area contributed by atoms with E-state index >= 15 is 0 Å². The molecule has 0 saturated carbocycles. The molecule has 2 N–H and O–H groups in total. The Kier molecular flexibility index (Phi) is 3.59. The summed E-state index contributed by atoms with van der Waals surface area (Å²) in [5.74, 6) is -4.91. The van der Waals surface area contributed by atoms with Crippen LogP contribution in [0.25, 0.3) is 0 Å². The molecule has 3 amide bonds. The molecule has 1 aliphatic heterocycles. The van der Waals surface area contributed by atoms with Crippen LogP contribution >= 0.6 is 0 Å². The van der Waals surface area contributed by atoms with E-state index in [0.29, 0.717) is 6.54 Å². The first-order chi connectivity index (χ1) is 9.00. The van der Waals surface area contributed by atoms with E-state index in [-0.39, 0.29) is 12.2 Å². The smallest absolute Gasteiger partial charge is 0.324 e. The van der Waals surface area contributed by atoms with Gasteiger partial charge < -0.3 is 10.6 Å². The Morgan fingerprint density at radius 2 is 2.05 bits per heavy atom. The quantitative estimate of drug-likeness (QED) is 0.810. The van der Waals surface area contributed by atoms with E-state index in [1.807, 2.05) is 0 Å². The highest BCUT2D eigenvalue weighted by molar-refractivity contribution is 5.97. The standard InChI is InChI=1S/C11H10F3N3O2/c12-6-1-2-7(10(14)9(6)13)16-5-8(18)17-4-3-15-11(17)19/h1-2,16H,3-5H2,(H,15,19). The van der Waals surface area contributed by atoms with Crippen LogP contribution in [-0.2, 0) is 4.79 Å². The lowest BCUT2D eigenvalue weighted by atomic mass is 10.2. The van der Waals surface area contributed by atoms with E-state index in [4.69, 9.17) is 0 Å². The molecule has 1 aromatic rings. The highest BCUT2D eigenvalue weighted by atomic mass is 19.2. The van der Waals surface area contributed by atoms with Crippen LogP contribution in [-0.4, -0.2) is 36.5 Å². The van der Waals surface area contributed by atoms with Crippen molar-refractivity contribution < 1.29 is 22.8 Å². The van der Waals surface area contributed by atoms with Gasteiger partial charge in [-0.2, -0.15) is 0 Å². The number of hydrogen-bond donors (Lipinski definition) is 2. The van der Waals surface area contributed by atoms with E-state index in [2.05, 4.69) is 10.6 Å². The number of nitrogens with zero attached hydrogens (tertiary/aromatic N) is 1. The number of halogens is 3. The molecule has 1 aliphatic rings. The molecular weight excluding hydrogens is 263 g/mol. The average Bonchev–Trinajstić information content (AvgIpc) is 2.81. The van der Waals surface area contributed by atoms with Crippen LogP contribution in [0.1, 0.15) is 0 Å². The third-order valence-corrected chi connectivity index (χ3v) is 2.62. The van der Waals surface area contributed by atoms with Gasteiger partial charge in [0.2, 0.25) is 5.91 Å². The summed E-state index contributed by atoms with van der Waals surface area (Å²) in [5.41, 5.74) is -0.341. The maximum Gasteiger partial charge on any atom is 0.324 e. The van der Waals surface area contributed by atoms with Crippen molar-refractivity contribution in [2.45, 2.75) is 0 Å². The summed E-state index contributed by atoms with van der Waals surface area (Å²) in [6, 6.07) is 1.19. The normalized spacial score (nSPS) is 14.5. The Labute approximate surface area is 106 Å². The zero-order chi connectivity index (χ0) is 14.0. The fourth-order valence-corrected chi connectivity index (χ4v) is 1.64. The van der Waals surface area contributed by atoms with Crippen molar-refractivity contribution in [2.24, 2.45) is 0 Å². The van der Waals surface area contributed by atoms with Gasteiger partial charge in [-0.25, -0.2) is 18.0 Å². The SMILES string of the molecule is O=C(CNc1ccc(F)c(F)c1F)N1CCNC1=O. The number of anilines is 1. The molecule has 1 aromatic carbocycles. The summed E-state index contributed by atoms with van der Waals surface area (Å²) in [5, 5.41) is 4.76. The predicted octanol–water partition coefficient (Wildman–Crippen LogP) is 1.07. The third-order valence-electron chi connectivity index (χ3n) is 2.62. The second-order valence-electron chi connectivity index (χ2n) is 3.85. The predicted molar refractivity (Wildman–Crippen MR) is 59.9 cm³/mol. The Morgan fingerprint density at radius 3 is 2.68 bits per heavy atom. The van der Waals surface area contributed by atoms with Crippen molar-refractivity contribution in [3.05, 3.63) is 29.6 Å². The number of urea groups is 1. The third kappa shape index (κ3) is 2.61. The van der Waals surface area contributed by atoms with Crippen LogP contribution in [0.15, 0.2) is 12.1 Å². The van der Waals surface area contributed by atoms with Crippen molar-refractivity contribution >= 4 is 17.6 Å². The molecule has 0 bridgehead atoms. The zero-order valence-electron chi connectivity index (χ0n) is 9.67. The number of nitrogens with one attached hydrogen (secondary N) is 2. The second-order valence-corrected chi connectivity index (χ2v) is 3.85. The molecule has 0 atom stereocenters. The first-order valence-electron chi connectivity index (χ1n) is 5.46. The van der Waals surface area contributed by atoms with Gasteiger partial charge in [0.15, 0.2) is 17.5 Å². The summed E-state index contributed by atoms with van der Waals surface area (Å²) < 4.78 is 38.9. The molecule has 0 spiro atoms. The molecule has 0 aliphatic carbocycles. The topological polar surface area (TPSA) is 61.4 Å². The summed E-state index contributed by atoms with van der Waals surface area (Å²) in [6.45, 7) is 0.180. The Bertz CT molecular complexity index is 536. The Hall–Kier alpha value is -2.25. The van der Waals surface area contributed by atoms with Crippen molar-refractivity contribution in [3.63, 3.8) is 0 Å². The number of benzene rings is 1. The van der Waals surface area contributed by atoms with Crippen molar-refractivity contribution in [3.8, 4) is 0 Å². The first kappa shape index (κ1) is 13.2. The number of carbonyl (C=O) groups excluding carboxylic acids is 2. The minimum Gasteiger partial charge on any atom is -0.374 e. The fraction of sp³-hybridized carbons (Fsp3) is 0.273. The second kappa shape index (κ2) is 5.17. The molecule has 1 fully saturated rings. The van der Waals surface area contributed by atoms with Crippen LogP contribution in [0, 0.1) is 17.5 Å². The highest BCUT2D eigenvalue weighted by Gasteiger charge is 2.26. The number of rotatable bonds is 3. The molecule has 0 unspecified atom stereocenters. The zero-order valence-corrected chi connectivity index (χ0v) is 9.67. The van der Waals surface area contributed by atoms with Gasteiger partial charge in [-0.05, 0) is 12.1 Å². The molecule has 2 rings (SSSR count). The lowest BCUT2D eigenvalue weighted by molar-refractivity contribution is -0.125. The summed E-state index contributed by atoms with van der Waals surface area (Å²) in [6.07, 6.45) is 0. The van der Waals surface area contributed by atoms with Gasteiger partial charge >= 0.3 is 6.03 Å². The molecule has 0 radical (unpaired) electrons. The average molecular weight is 273 g/mol. The summed E-state index contributed by atoms with van der Waals surface area (Å²) in [4.78, 5) is 23.7. The van der Waals surface area contributed by atoms with E-state index in [1.165, 1.54) is 0 Å². The Balaban J connectivity index is 2.01. The summed E-state index contributed by atoms with van der Waals surface area (Å²) >= 11 is 0. The number of amides is 3. The largest absolute Gasteiger partial charge is 0.374 e. The number of hydrogen-bond acceptors (Lipinski definition) is 3. The van der Waals surface area contributed by atoms with Gasteiger partial charge in [-0.3, -0.25) is 9.69 Å². The van der Waals surface area contributed by atoms with Crippen molar-refractivity contribution in [2.75, 3.05) is 25.0 Å². The highest BCUT2D eigenvalue weighted by Crippen LogP contribution is 2.19. The molecule has 5 nitrogen and oxygen atoms in total. The molecule has 1 heterocycles. The number of imide groups is 1. The van der Waals surface area contributed by atoms with E-state index < -0.39 is 35.9 Å². The number of carbonyl (C=O) groups is 2. The Morgan fingerprint density at radius 1 is 1.32 bits per heavy atom. The molecular formula is C11H10F3N3O2. The minimum absolute atomic E-state index is 0.222. The minimum atomic E-state index is -1.61. The first-order valence-corrected chi connectivity index (χ1v) is 5.46. The monoisotopic (exact) mass is 273 g/mol.